The monoisotopic (exact) mass is 567 g/mol. The first kappa shape index (κ1) is 27.4. The van der Waals surface area contributed by atoms with Gasteiger partial charge in [0.2, 0.25) is 10.0 Å². The maximum Gasteiger partial charge on any atom is 0.251 e. The average molecular weight is 567 g/mol. The number of hydrogen-bond donors (Lipinski definition) is 4. The molecular formula is C20H34IN5O4S. The third-order valence-corrected chi connectivity index (χ3v) is 6.87. The Hall–Kier alpha value is -1.60. The molecule has 0 radical (unpaired) electrons. The summed E-state index contributed by atoms with van der Waals surface area (Å²) in [4.78, 5) is 16.6. The molecular weight excluding hydrogens is 533 g/mol. The number of hydrogen-bond acceptors (Lipinski definition) is 5. The Kier molecular flexibility index (Phi) is 12.2. The SMILES string of the molecule is CCCS(=O)(=O)N1CCC(NC(=NCCNC(=O)c2ccc(O)cc2)NCC)CC1.I. The topological polar surface area (TPSA) is 123 Å². The van der Waals surface area contributed by atoms with Crippen molar-refractivity contribution in [2.45, 2.75) is 39.2 Å². The van der Waals surface area contributed by atoms with Crippen LogP contribution in [0.3, 0.4) is 0 Å². The number of guanidine groups is 1. The van der Waals surface area contributed by atoms with Gasteiger partial charge in [0.15, 0.2) is 5.96 Å². The molecule has 11 heteroatoms. The number of benzene rings is 1. The van der Waals surface area contributed by atoms with Gasteiger partial charge in [-0.05, 0) is 50.5 Å². The molecule has 0 atom stereocenters. The number of nitrogens with zero attached hydrogens (tertiary/aromatic N) is 2. The van der Waals surface area contributed by atoms with Gasteiger partial charge in [-0.3, -0.25) is 9.79 Å². The van der Waals surface area contributed by atoms with Crippen LogP contribution < -0.4 is 16.0 Å². The van der Waals surface area contributed by atoms with Gasteiger partial charge in [0.1, 0.15) is 5.75 Å². The fraction of sp³-hybridized carbons (Fsp3) is 0.600. The minimum Gasteiger partial charge on any atom is -0.508 e. The third-order valence-electron chi connectivity index (χ3n) is 4.79. The van der Waals surface area contributed by atoms with E-state index in [4.69, 9.17) is 0 Å². The van der Waals surface area contributed by atoms with E-state index < -0.39 is 10.0 Å². The number of phenols is 1. The lowest BCUT2D eigenvalue weighted by molar-refractivity contribution is 0.0954. The Morgan fingerprint density at radius 3 is 2.39 bits per heavy atom. The Balaban J connectivity index is 0.00000480. The van der Waals surface area contributed by atoms with E-state index in [0.29, 0.717) is 50.7 Å². The molecule has 0 saturated carbocycles. The molecule has 0 aromatic heterocycles. The van der Waals surface area contributed by atoms with Gasteiger partial charge >= 0.3 is 0 Å². The largest absolute Gasteiger partial charge is 0.508 e. The predicted molar refractivity (Wildman–Crippen MR) is 134 cm³/mol. The standard InChI is InChI=1S/C20H33N5O4S.HI/c1-3-15-30(28,29)25-13-9-17(10-14-25)24-20(21-4-2)23-12-11-22-19(27)16-5-7-18(26)8-6-16;/h5-8,17,26H,3-4,9-15H2,1-2H3,(H,22,27)(H2,21,23,24);1H. The highest BCUT2D eigenvalue weighted by Crippen LogP contribution is 2.15. The number of carbonyl (C=O) groups is 1. The van der Waals surface area contributed by atoms with E-state index in [9.17, 15) is 18.3 Å². The lowest BCUT2D eigenvalue weighted by atomic mass is 10.1. The lowest BCUT2D eigenvalue weighted by Gasteiger charge is -2.32. The van der Waals surface area contributed by atoms with Crippen LogP contribution in [0.4, 0.5) is 0 Å². The molecule has 1 aliphatic rings. The Morgan fingerprint density at radius 1 is 1.16 bits per heavy atom. The van der Waals surface area contributed by atoms with Crippen LogP contribution in [-0.2, 0) is 10.0 Å². The molecule has 1 amide bonds. The van der Waals surface area contributed by atoms with Crippen molar-refractivity contribution in [3.63, 3.8) is 0 Å². The minimum absolute atomic E-state index is 0. The number of carbonyl (C=O) groups excluding carboxylic acids is 1. The summed E-state index contributed by atoms with van der Waals surface area (Å²) in [6.07, 6.45) is 2.08. The number of rotatable bonds is 9. The zero-order chi connectivity index (χ0) is 22.0. The molecule has 176 valence electrons. The van der Waals surface area contributed by atoms with Crippen LogP contribution in [0.1, 0.15) is 43.5 Å². The summed E-state index contributed by atoms with van der Waals surface area (Å²) in [5.41, 5.74) is 0.478. The Bertz CT molecular complexity index is 809. The van der Waals surface area contributed by atoms with Crippen molar-refractivity contribution in [2.24, 2.45) is 4.99 Å². The minimum atomic E-state index is -3.14. The fourth-order valence-electron chi connectivity index (χ4n) is 3.23. The molecule has 1 heterocycles. The second-order valence-corrected chi connectivity index (χ2v) is 9.29. The maximum atomic E-state index is 12.2. The summed E-state index contributed by atoms with van der Waals surface area (Å²) < 4.78 is 26.0. The van der Waals surface area contributed by atoms with Gasteiger partial charge < -0.3 is 21.1 Å². The summed E-state index contributed by atoms with van der Waals surface area (Å²) >= 11 is 0. The molecule has 1 saturated heterocycles. The summed E-state index contributed by atoms with van der Waals surface area (Å²) in [5.74, 6) is 0.756. The number of amides is 1. The van der Waals surface area contributed by atoms with Crippen molar-refractivity contribution >= 4 is 45.9 Å². The van der Waals surface area contributed by atoms with Crippen molar-refractivity contribution in [3.8, 4) is 5.75 Å². The van der Waals surface area contributed by atoms with Crippen molar-refractivity contribution in [1.82, 2.24) is 20.3 Å². The molecule has 1 fully saturated rings. The summed E-state index contributed by atoms with van der Waals surface area (Å²) in [6.45, 7) is 6.37. The molecule has 0 bridgehead atoms. The van der Waals surface area contributed by atoms with Gasteiger partial charge in [-0.15, -0.1) is 24.0 Å². The van der Waals surface area contributed by atoms with Crippen LogP contribution in [-0.4, -0.2) is 74.2 Å². The molecule has 1 aromatic carbocycles. The molecule has 1 aromatic rings. The van der Waals surface area contributed by atoms with Crippen molar-refractivity contribution in [3.05, 3.63) is 29.8 Å². The number of nitrogens with one attached hydrogen (secondary N) is 3. The van der Waals surface area contributed by atoms with Gasteiger partial charge in [0.05, 0.1) is 12.3 Å². The maximum absolute atomic E-state index is 12.2. The number of aromatic hydroxyl groups is 1. The van der Waals surface area contributed by atoms with E-state index in [2.05, 4.69) is 20.9 Å². The molecule has 4 N–H and O–H groups in total. The smallest absolute Gasteiger partial charge is 0.251 e. The molecule has 9 nitrogen and oxygen atoms in total. The molecule has 0 aliphatic carbocycles. The summed E-state index contributed by atoms with van der Waals surface area (Å²) in [7, 11) is -3.14. The summed E-state index contributed by atoms with van der Waals surface area (Å²) in [5, 5.41) is 18.6. The molecule has 31 heavy (non-hydrogen) atoms. The van der Waals surface area contributed by atoms with Crippen molar-refractivity contribution < 1.29 is 18.3 Å². The van der Waals surface area contributed by atoms with E-state index in [1.807, 2.05) is 13.8 Å². The number of sulfonamides is 1. The van der Waals surface area contributed by atoms with E-state index in [0.717, 1.165) is 12.8 Å². The first-order chi connectivity index (χ1) is 14.4. The molecule has 0 unspecified atom stereocenters. The lowest BCUT2D eigenvalue weighted by Crippen LogP contribution is -2.50. The van der Waals surface area contributed by atoms with Crippen LogP contribution in [0.25, 0.3) is 0 Å². The van der Waals surface area contributed by atoms with Gasteiger partial charge in [-0.1, -0.05) is 6.92 Å². The Morgan fingerprint density at radius 2 is 1.81 bits per heavy atom. The second kappa shape index (κ2) is 13.7. The zero-order valence-corrected chi connectivity index (χ0v) is 21.3. The molecule has 1 aliphatic heterocycles. The normalized spacial score (nSPS) is 15.7. The predicted octanol–water partition coefficient (Wildman–Crippen LogP) is 1.50. The highest BCUT2D eigenvalue weighted by atomic mass is 127. The quantitative estimate of drug-likeness (QED) is 0.155. The van der Waals surface area contributed by atoms with Crippen LogP contribution in [0.2, 0.25) is 0 Å². The fourth-order valence-corrected chi connectivity index (χ4v) is 4.77. The first-order valence-corrected chi connectivity index (χ1v) is 12.1. The van der Waals surface area contributed by atoms with Crippen molar-refractivity contribution in [1.29, 1.82) is 0 Å². The highest BCUT2D eigenvalue weighted by Gasteiger charge is 2.27. The van der Waals surface area contributed by atoms with E-state index in [-0.39, 0.29) is 47.4 Å². The van der Waals surface area contributed by atoms with Gasteiger partial charge in [-0.25, -0.2) is 12.7 Å². The van der Waals surface area contributed by atoms with Crippen molar-refractivity contribution in [2.75, 3.05) is 38.5 Å². The number of aliphatic imine (C=N–C) groups is 1. The second-order valence-electron chi connectivity index (χ2n) is 7.20. The zero-order valence-electron chi connectivity index (χ0n) is 18.1. The van der Waals surface area contributed by atoms with Crippen LogP contribution >= 0.6 is 24.0 Å². The van der Waals surface area contributed by atoms with Gasteiger partial charge in [0, 0.05) is 37.8 Å². The summed E-state index contributed by atoms with van der Waals surface area (Å²) in [6, 6.07) is 6.22. The van der Waals surface area contributed by atoms with E-state index in [1.165, 1.54) is 12.1 Å². The number of phenolic OH excluding ortho intramolecular Hbond substituents is 1. The van der Waals surface area contributed by atoms with E-state index in [1.54, 1.807) is 16.4 Å². The average Bonchev–Trinajstić information content (AvgIpc) is 2.72. The highest BCUT2D eigenvalue weighted by molar-refractivity contribution is 14.0. The first-order valence-electron chi connectivity index (χ1n) is 10.5. The molecule has 2 rings (SSSR count). The van der Waals surface area contributed by atoms with Crippen LogP contribution in [0.15, 0.2) is 29.3 Å². The molecule has 0 spiro atoms. The number of halogens is 1. The van der Waals surface area contributed by atoms with Gasteiger partial charge in [0.25, 0.3) is 5.91 Å². The van der Waals surface area contributed by atoms with E-state index >= 15 is 0 Å². The van der Waals surface area contributed by atoms with Crippen LogP contribution in [0, 0.1) is 0 Å². The third kappa shape index (κ3) is 9.19. The van der Waals surface area contributed by atoms with Crippen LogP contribution in [0.5, 0.6) is 5.75 Å². The van der Waals surface area contributed by atoms with Gasteiger partial charge in [-0.2, -0.15) is 0 Å². The number of piperidine rings is 1. The Labute approximate surface area is 202 Å².